The van der Waals surface area contributed by atoms with Crippen LogP contribution in [0.1, 0.15) is 18.9 Å². The van der Waals surface area contributed by atoms with Gasteiger partial charge >= 0.3 is 0 Å². The lowest BCUT2D eigenvalue weighted by molar-refractivity contribution is 0.281. The Balaban J connectivity index is 2.90. The number of aliphatic hydroxyl groups excluding tert-OH is 1. The topological polar surface area (TPSA) is 60.2 Å². The molecule has 0 saturated heterocycles. The minimum absolute atomic E-state index is 0.0349. The molecule has 4 heteroatoms. The van der Waals surface area contributed by atoms with E-state index in [0.717, 1.165) is 11.4 Å². The molecule has 0 fully saturated rings. The zero-order valence-corrected chi connectivity index (χ0v) is 9.01. The van der Waals surface area contributed by atoms with Crippen LogP contribution >= 0.6 is 0 Å². The number of aliphatic hydroxyl groups is 1. The summed E-state index contributed by atoms with van der Waals surface area (Å²) in [6.07, 6.45) is 2.13. The highest BCUT2D eigenvalue weighted by Gasteiger charge is 2.13. The third-order valence-corrected chi connectivity index (χ3v) is 2.42. The zero-order chi connectivity index (χ0) is 11.3. The van der Waals surface area contributed by atoms with Crippen molar-refractivity contribution in [3.63, 3.8) is 0 Å². The molecule has 0 saturated carbocycles. The molecule has 0 radical (unpaired) electrons. The number of aromatic nitrogens is 1. The van der Waals surface area contributed by atoms with Crippen molar-refractivity contribution in [2.75, 3.05) is 11.9 Å². The Labute approximate surface area is 89.8 Å². The molecule has 0 aromatic carbocycles. The van der Waals surface area contributed by atoms with Crippen LogP contribution in [0.2, 0.25) is 0 Å². The first-order valence-corrected chi connectivity index (χ1v) is 4.85. The molecule has 1 rings (SSSR count). The third kappa shape index (κ3) is 2.67. The Bertz CT molecular complexity index is 359. The van der Waals surface area contributed by atoms with Gasteiger partial charge in [-0.15, -0.1) is 0 Å². The van der Waals surface area contributed by atoms with Crippen molar-refractivity contribution >= 4 is 5.82 Å². The standard InChI is InChI=1S/C11H15N3O/c1-9(5-6-12)14(2)11-10(8-15)4-3-7-13-11/h3-4,7,9,15H,5,8H2,1-2H3. The average molecular weight is 205 g/mol. The van der Waals surface area contributed by atoms with Gasteiger partial charge in [0, 0.05) is 24.8 Å². The smallest absolute Gasteiger partial charge is 0.134 e. The van der Waals surface area contributed by atoms with E-state index in [9.17, 15) is 0 Å². The van der Waals surface area contributed by atoms with Gasteiger partial charge in [0.1, 0.15) is 5.82 Å². The fourth-order valence-corrected chi connectivity index (χ4v) is 1.35. The van der Waals surface area contributed by atoms with Gasteiger partial charge in [0.2, 0.25) is 0 Å². The Morgan fingerprint density at radius 1 is 1.67 bits per heavy atom. The van der Waals surface area contributed by atoms with Gasteiger partial charge < -0.3 is 10.0 Å². The predicted molar refractivity (Wildman–Crippen MR) is 58.3 cm³/mol. The maximum Gasteiger partial charge on any atom is 0.134 e. The molecular formula is C11H15N3O. The number of hydrogen-bond donors (Lipinski definition) is 1. The summed E-state index contributed by atoms with van der Waals surface area (Å²) >= 11 is 0. The van der Waals surface area contributed by atoms with Gasteiger partial charge in [-0.2, -0.15) is 5.26 Å². The molecule has 0 aliphatic carbocycles. The summed E-state index contributed by atoms with van der Waals surface area (Å²) in [7, 11) is 1.88. The second-order valence-corrected chi connectivity index (χ2v) is 3.47. The number of rotatable bonds is 4. The molecule has 0 amide bonds. The van der Waals surface area contributed by atoms with Crippen molar-refractivity contribution in [1.82, 2.24) is 4.98 Å². The van der Waals surface area contributed by atoms with Crippen molar-refractivity contribution in [1.29, 1.82) is 5.26 Å². The van der Waals surface area contributed by atoms with E-state index in [1.165, 1.54) is 0 Å². The van der Waals surface area contributed by atoms with Gasteiger partial charge in [-0.25, -0.2) is 4.98 Å². The van der Waals surface area contributed by atoms with Crippen molar-refractivity contribution in [3.05, 3.63) is 23.9 Å². The van der Waals surface area contributed by atoms with Gasteiger partial charge in [0.25, 0.3) is 0 Å². The fourth-order valence-electron chi connectivity index (χ4n) is 1.35. The van der Waals surface area contributed by atoms with Crippen LogP contribution in [0.15, 0.2) is 18.3 Å². The summed E-state index contributed by atoms with van der Waals surface area (Å²) in [6.45, 7) is 1.92. The Morgan fingerprint density at radius 2 is 2.40 bits per heavy atom. The SMILES string of the molecule is CC(CC#N)N(C)c1ncccc1CO. The van der Waals surface area contributed by atoms with Crippen LogP contribution in [0.5, 0.6) is 0 Å². The van der Waals surface area contributed by atoms with Gasteiger partial charge in [-0.3, -0.25) is 0 Å². The molecule has 15 heavy (non-hydrogen) atoms. The Kier molecular flexibility index (Phi) is 4.07. The lowest BCUT2D eigenvalue weighted by Gasteiger charge is -2.25. The quantitative estimate of drug-likeness (QED) is 0.805. The van der Waals surface area contributed by atoms with Crippen molar-refractivity contribution < 1.29 is 5.11 Å². The molecule has 1 unspecified atom stereocenters. The van der Waals surface area contributed by atoms with Crippen LogP contribution in [0.3, 0.4) is 0 Å². The minimum Gasteiger partial charge on any atom is -0.392 e. The molecule has 1 atom stereocenters. The van der Waals surface area contributed by atoms with Crippen LogP contribution in [0, 0.1) is 11.3 Å². The highest BCUT2D eigenvalue weighted by atomic mass is 16.3. The maximum atomic E-state index is 9.15. The van der Waals surface area contributed by atoms with Gasteiger partial charge in [-0.1, -0.05) is 6.07 Å². The van der Waals surface area contributed by atoms with E-state index in [0.29, 0.717) is 6.42 Å². The van der Waals surface area contributed by atoms with Crippen LogP contribution < -0.4 is 4.90 Å². The van der Waals surface area contributed by atoms with Crippen LogP contribution in [0.4, 0.5) is 5.82 Å². The molecule has 0 spiro atoms. The average Bonchev–Trinajstić information content (AvgIpc) is 2.28. The van der Waals surface area contributed by atoms with Crippen LogP contribution in [-0.2, 0) is 6.61 Å². The van der Waals surface area contributed by atoms with E-state index in [1.807, 2.05) is 24.9 Å². The summed E-state index contributed by atoms with van der Waals surface area (Å²) in [5, 5.41) is 17.8. The summed E-state index contributed by atoms with van der Waals surface area (Å²) < 4.78 is 0. The molecule has 1 aromatic heterocycles. The van der Waals surface area contributed by atoms with E-state index in [4.69, 9.17) is 10.4 Å². The number of pyridine rings is 1. The van der Waals surface area contributed by atoms with Gasteiger partial charge in [-0.05, 0) is 13.0 Å². The highest BCUT2D eigenvalue weighted by Crippen LogP contribution is 2.18. The molecule has 1 N–H and O–H groups in total. The molecular weight excluding hydrogens is 190 g/mol. The minimum atomic E-state index is -0.0349. The first kappa shape index (κ1) is 11.5. The summed E-state index contributed by atoms with van der Waals surface area (Å²) in [5.74, 6) is 0.739. The molecule has 1 aromatic rings. The lowest BCUT2D eigenvalue weighted by atomic mass is 10.2. The first-order chi connectivity index (χ1) is 7.20. The summed E-state index contributed by atoms with van der Waals surface area (Å²) in [6, 6.07) is 5.84. The lowest BCUT2D eigenvalue weighted by Crippen LogP contribution is -2.30. The monoisotopic (exact) mass is 205 g/mol. The summed E-state index contributed by atoms with van der Waals surface area (Å²) in [5.41, 5.74) is 0.782. The number of anilines is 1. The van der Waals surface area contributed by atoms with Crippen molar-refractivity contribution in [2.45, 2.75) is 26.0 Å². The Hall–Kier alpha value is -1.60. The molecule has 4 nitrogen and oxygen atoms in total. The van der Waals surface area contributed by atoms with Crippen LogP contribution in [0.25, 0.3) is 0 Å². The summed E-state index contributed by atoms with van der Waals surface area (Å²) in [4.78, 5) is 6.12. The van der Waals surface area contributed by atoms with E-state index in [1.54, 1.807) is 12.3 Å². The van der Waals surface area contributed by atoms with E-state index in [2.05, 4.69) is 11.1 Å². The van der Waals surface area contributed by atoms with Crippen molar-refractivity contribution in [2.24, 2.45) is 0 Å². The number of nitrogens with zero attached hydrogens (tertiary/aromatic N) is 3. The van der Waals surface area contributed by atoms with Gasteiger partial charge in [0.05, 0.1) is 19.1 Å². The third-order valence-electron chi connectivity index (χ3n) is 2.42. The molecule has 1 heterocycles. The largest absolute Gasteiger partial charge is 0.392 e. The van der Waals surface area contributed by atoms with Crippen molar-refractivity contribution in [3.8, 4) is 6.07 Å². The normalized spacial score (nSPS) is 11.9. The highest BCUT2D eigenvalue weighted by molar-refractivity contribution is 5.46. The molecule has 0 aliphatic rings. The second-order valence-electron chi connectivity index (χ2n) is 3.47. The van der Waals surface area contributed by atoms with E-state index in [-0.39, 0.29) is 12.6 Å². The van der Waals surface area contributed by atoms with Crippen LogP contribution in [-0.4, -0.2) is 23.2 Å². The Morgan fingerprint density at radius 3 is 3.00 bits per heavy atom. The molecule has 80 valence electrons. The van der Waals surface area contributed by atoms with E-state index < -0.39 is 0 Å². The maximum absolute atomic E-state index is 9.15. The zero-order valence-electron chi connectivity index (χ0n) is 9.01. The second kappa shape index (κ2) is 5.32. The van der Waals surface area contributed by atoms with E-state index >= 15 is 0 Å². The number of hydrogen-bond acceptors (Lipinski definition) is 4. The molecule has 0 bridgehead atoms. The molecule has 0 aliphatic heterocycles. The number of nitriles is 1. The fraction of sp³-hybridized carbons (Fsp3) is 0.455. The predicted octanol–water partition coefficient (Wildman–Crippen LogP) is 1.31. The van der Waals surface area contributed by atoms with Gasteiger partial charge in [0.15, 0.2) is 0 Å². The first-order valence-electron chi connectivity index (χ1n) is 4.85.